The van der Waals surface area contributed by atoms with E-state index in [2.05, 4.69) is 173 Å². The zero-order valence-corrected chi connectivity index (χ0v) is 27.2. The third kappa shape index (κ3) is 16.1. The molecule has 0 saturated carbocycles. The lowest BCUT2D eigenvalue weighted by Crippen LogP contribution is -2.26. The molecule has 1 aliphatic rings. The van der Waals surface area contributed by atoms with Crippen molar-refractivity contribution in [3.63, 3.8) is 0 Å². The quantitative estimate of drug-likeness (QED) is 0.162. The summed E-state index contributed by atoms with van der Waals surface area (Å²) in [5, 5.41) is 0. The Labute approximate surface area is 248 Å². The summed E-state index contributed by atoms with van der Waals surface area (Å²) in [6, 6.07) is 0. The molecule has 0 aromatic carbocycles. The van der Waals surface area contributed by atoms with Gasteiger partial charge in [0.1, 0.15) is 0 Å². The highest BCUT2D eigenvalue weighted by atomic mass is 14.3. The number of allylic oxidation sites excluding steroid dienone is 24. The molecule has 40 heavy (non-hydrogen) atoms. The van der Waals surface area contributed by atoms with E-state index in [0.717, 1.165) is 12.8 Å². The van der Waals surface area contributed by atoms with Crippen LogP contribution in [0.25, 0.3) is 0 Å². The third-order valence-corrected chi connectivity index (χ3v) is 7.24. The Morgan fingerprint density at radius 1 is 0.700 bits per heavy atom. The average molecular weight is 537 g/mol. The second-order valence-electron chi connectivity index (χ2n) is 12.3. The minimum absolute atomic E-state index is 0.342. The normalized spacial score (nSPS) is 20.1. The molecule has 0 spiro atoms. The number of rotatable bonds is 13. The average Bonchev–Trinajstić information content (AvgIpc) is 2.85. The van der Waals surface area contributed by atoms with E-state index in [4.69, 9.17) is 0 Å². The molecule has 0 bridgehead atoms. The maximum atomic E-state index is 2.40. The summed E-state index contributed by atoms with van der Waals surface area (Å²) in [5.41, 5.74) is 9.61. The van der Waals surface area contributed by atoms with Crippen molar-refractivity contribution in [1.82, 2.24) is 0 Å². The van der Waals surface area contributed by atoms with Crippen LogP contribution in [0.2, 0.25) is 0 Å². The van der Waals surface area contributed by atoms with Gasteiger partial charge in [0.25, 0.3) is 0 Å². The molecule has 0 aromatic heterocycles. The van der Waals surface area contributed by atoms with E-state index < -0.39 is 0 Å². The lowest BCUT2D eigenvalue weighted by molar-refractivity contribution is 0.255. The summed E-state index contributed by atoms with van der Waals surface area (Å²) < 4.78 is 0. The molecule has 0 saturated heterocycles. The van der Waals surface area contributed by atoms with Gasteiger partial charge >= 0.3 is 0 Å². The summed E-state index contributed by atoms with van der Waals surface area (Å²) in [4.78, 5) is 0. The molecule has 0 amide bonds. The van der Waals surface area contributed by atoms with Crippen LogP contribution >= 0.6 is 0 Å². The van der Waals surface area contributed by atoms with E-state index in [1.807, 2.05) is 0 Å². The first-order valence-corrected chi connectivity index (χ1v) is 14.9. The fraction of sp³-hybridized carbons (Fsp3) is 0.400. The molecule has 1 aliphatic carbocycles. The highest BCUT2D eigenvalue weighted by Gasteiger charge is 2.30. The molecule has 0 N–H and O–H groups in total. The number of hydrogen-bond acceptors (Lipinski definition) is 0. The van der Waals surface area contributed by atoms with Crippen LogP contribution in [0.3, 0.4) is 0 Å². The first-order chi connectivity index (χ1) is 18.9. The van der Waals surface area contributed by atoms with Crippen molar-refractivity contribution in [1.29, 1.82) is 0 Å². The Kier molecular flexibility index (Phi) is 16.6. The molecule has 0 heteroatoms. The van der Waals surface area contributed by atoms with Crippen molar-refractivity contribution in [2.45, 2.75) is 94.9 Å². The molecule has 1 atom stereocenters. The van der Waals surface area contributed by atoms with E-state index in [1.165, 1.54) is 51.9 Å². The topological polar surface area (TPSA) is 0 Å². The minimum atomic E-state index is 0.342. The van der Waals surface area contributed by atoms with Gasteiger partial charge in [0, 0.05) is 5.92 Å². The van der Waals surface area contributed by atoms with Crippen molar-refractivity contribution in [3.05, 3.63) is 142 Å². The van der Waals surface area contributed by atoms with Crippen LogP contribution < -0.4 is 0 Å². The van der Waals surface area contributed by atoms with Crippen LogP contribution in [0.15, 0.2) is 142 Å². The lowest BCUT2D eigenvalue weighted by Gasteiger charge is -2.36. The Morgan fingerprint density at radius 2 is 1.18 bits per heavy atom. The van der Waals surface area contributed by atoms with Crippen LogP contribution in [0.4, 0.5) is 0 Å². The molecule has 216 valence electrons. The second-order valence-corrected chi connectivity index (χ2v) is 12.3. The van der Waals surface area contributed by atoms with Gasteiger partial charge in [-0.3, -0.25) is 0 Å². The van der Waals surface area contributed by atoms with Crippen molar-refractivity contribution < 1.29 is 0 Å². The van der Waals surface area contributed by atoms with Crippen molar-refractivity contribution in [2.24, 2.45) is 11.3 Å². The Hall–Kier alpha value is -3.12. The van der Waals surface area contributed by atoms with Crippen LogP contribution in [0.1, 0.15) is 94.9 Å². The molecule has 1 unspecified atom stereocenters. The highest BCUT2D eigenvalue weighted by molar-refractivity contribution is 5.33. The van der Waals surface area contributed by atoms with Crippen LogP contribution in [0, 0.1) is 11.3 Å². The molecule has 0 aliphatic heterocycles. The van der Waals surface area contributed by atoms with Gasteiger partial charge in [0.2, 0.25) is 0 Å². The summed E-state index contributed by atoms with van der Waals surface area (Å²) in [6.45, 7) is 22.1. The SMILES string of the molecule is CC(C)=CCC/C(C)=C/C=C/C(C)=C/C=C/C(C)=C/C=C/C=C(C)/C=C/C=C(C)/C=C/C1C(C)=CCCC1(C)C. The standard InChI is InChI=1S/C40H56/c1-32(2)18-13-21-35(5)24-15-26-36(6)25-14-22-33(3)19-11-12-20-34(4)23-16-27-37(7)29-30-39-38(8)28-17-31-40(39,9)10/h11-12,14-16,18-20,22-30,39H,13,17,21,31H2,1-10H3/b12-11+,22-14+,23-16+,26-15+,30-29+,33-19+,34-20+,35-24+,36-25+,37-27+. The monoisotopic (exact) mass is 536 g/mol. The molecule has 0 aromatic rings. The number of hydrogen-bond donors (Lipinski definition) is 0. The van der Waals surface area contributed by atoms with E-state index in [1.54, 1.807) is 0 Å². The first kappa shape index (κ1) is 34.9. The molecular weight excluding hydrogens is 480 g/mol. The molecule has 1 rings (SSSR count). The summed E-state index contributed by atoms with van der Waals surface area (Å²) in [6.07, 6.45) is 42.0. The predicted octanol–water partition coefficient (Wildman–Crippen LogP) is 12.6. The van der Waals surface area contributed by atoms with Crippen molar-refractivity contribution >= 4 is 0 Å². The van der Waals surface area contributed by atoms with Gasteiger partial charge in [-0.25, -0.2) is 0 Å². The van der Waals surface area contributed by atoms with E-state index in [-0.39, 0.29) is 0 Å². The first-order valence-electron chi connectivity index (χ1n) is 14.9. The van der Waals surface area contributed by atoms with Crippen LogP contribution in [0.5, 0.6) is 0 Å². The molecule has 0 fully saturated rings. The van der Waals surface area contributed by atoms with Gasteiger partial charge in [-0.1, -0.05) is 156 Å². The fourth-order valence-electron chi connectivity index (χ4n) is 4.61. The van der Waals surface area contributed by atoms with Crippen LogP contribution in [-0.4, -0.2) is 0 Å². The van der Waals surface area contributed by atoms with Gasteiger partial charge < -0.3 is 0 Å². The van der Waals surface area contributed by atoms with Crippen molar-refractivity contribution in [3.8, 4) is 0 Å². The van der Waals surface area contributed by atoms with Gasteiger partial charge in [-0.15, -0.1) is 0 Å². The maximum absolute atomic E-state index is 2.40. The molecular formula is C40H56. The zero-order chi connectivity index (χ0) is 30.0. The lowest BCUT2D eigenvalue weighted by atomic mass is 9.68. The summed E-state index contributed by atoms with van der Waals surface area (Å²) in [7, 11) is 0. The second kappa shape index (κ2) is 19.0. The smallest absolute Gasteiger partial charge is 0.00285 e. The highest BCUT2D eigenvalue weighted by Crippen LogP contribution is 2.41. The van der Waals surface area contributed by atoms with Crippen molar-refractivity contribution in [2.75, 3.05) is 0 Å². The van der Waals surface area contributed by atoms with E-state index in [0.29, 0.717) is 11.3 Å². The minimum Gasteiger partial charge on any atom is -0.0856 e. The maximum Gasteiger partial charge on any atom is 0.00285 e. The Morgan fingerprint density at radius 3 is 1.68 bits per heavy atom. The predicted molar refractivity (Wildman–Crippen MR) is 183 cm³/mol. The molecule has 0 radical (unpaired) electrons. The third-order valence-electron chi connectivity index (χ3n) is 7.24. The van der Waals surface area contributed by atoms with Crippen LogP contribution in [-0.2, 0) is 0 Å². The van der Waals surface area contributed by atoms with Gasteiger partial charge in [-0.2, -0.15) is 0 Å². The van der Waals surface area contributed by atoms with E-state index >= 15 is 0 Å². The summed E-state index contributed by atoms with van der Waals surface area (Å²) >= 11 is 0. The fourth-order valence-corrected chi connectivity index (χ4v) is 4.61. The Bertz CT molecular complexity index is 1160. The Balaban J connectivity index is 2.57. The van der Waals surface area contributed by atoms with Gasteiger partial charge in [0.05, 0.1) is 0 Å². The molecule has 0 nitrogen and oxygen atoms in total. The largest absolute Gasteiger partial charge is 0.0856 e. The zero-order valence-electron chi connectivity index (χ0n) is 27.2. The van der Waals surface area contributed by atoms with Gasteiger partial charge in [-0.05, 0) is 86.5 Å². The summed E-state index contributed by atoms with van der Waals surface area (Å²) in [5.74, 6) is 0.531. The van der Waals surface area contributed by atoms with E-state index in [9.17, 15) is 0 Å². The molecule has 0 heterocycles. The van der Waals surface area contributed by atoms with Gasteiger partial charge in [0.15, 0.2) is 0 Å².